The largest absolute Gasteiger partial charge is 0.486 e. The van der Waals surface area contributed by atoms with Crippen LogP contribution in [0, 0.1) is 0 Å². The maximum absolute atomic E-state index is 12.4. The Morgan fingerprint density at radius 1 is 1.33 bits per heavy atom. The lowest BCUT2D eigenvalue weighted by atomic mass is 10.1. The first kappa shape index (κ1) is 16.8. The number of ether oxygens (including phenoxy) is 2. The van der Waals surface area contributed by atoms with Crippen molar-refractivity contribution in [2.24, 2.45) is 0 Å². The predicted octanol–water partition coefficient (Wildman–Crippen LogP) is 2.52. The quantitative estimate of drug-likeness (QED) is 0.635. The van der Waals surface area contributed by atoms with Gasteiger partial charge < -0.3 is 14.6 Å². The van der Waals surface area contributed by atoms with Crippen molar-refractivity contribution >= 4 is 46.3 Å². The second-order valence-corrected chi connectivity index (χ2v) is 6.91. The van der Waals surface area contributed by atoms with Gasteiger partial charge in [-0.2, -0.15) is 0 Å². The van der Waals surface area contributed by atoms with E-state index in [4.69, 9.17) is 26.8 Å². The van der Waals surface area contributed by atoms with Gasteiger partial charge in [0.15, 0.2) is 11.5 Å². The number of nitrogens with zero attached hydrogens (tertiary/aromatic N) is 1. The monoisotopic (exact) mass is 365 g/mol. The number of amides is 1. The number of hydrogen-bond donors (Lipinski definition) is 1. The summed E-state index contributed by atoms with van der Waals surface area (Å²) in [6.07, 6.45) is 2.14. The first-order chi connectivity index (χ1) is 11.5. The van der Waals surface area contributed by atoms with Gasteiger partial charge in [-0.25, -0.2) is 0 Å². The average Bonchev–Trinajstić information content (AvgIpc) is 2.82. The third kappa shape index (κ3) is 3.70. The highest BCUT2D eigenvalue weighted by atomic mass is 32.2. The lowest BCUT2D eigenvalue weighted by Crippen LogP contribution is -2.29. The molecule has 0 aliphatic carbocycles. The zero-order valence-corrected chi connectivity index (χ0v) is 14.3. The molecule has 8 heteroatoms. The molecule has 0 spiro atoms. The molecule has 126 valence electrons. The number of carbonyl (C=O) groups excluding carboxylic acids is 1. The fraction of sp³-hybridized carbons (Fsp3) is 0.312. The van der Waals surface area contributed by atoms with Crippen LogP contribution in [-0.4, -0.2) is 46.0 Å². The molecular weight excluding hydrogens is 350 g/mol. The number of aliphatic carboxylic acids is 1. The fourth-order valence-corrected chi connectivity index (χ4v) is 3.69. The molecule has 1 N–H and O–H groups in total. The number of thioether (sulfide) groups is 1. The molecule has 0 aromatic heterocycles. The van der Waals surface area contributed by atoms with Crippen LogP contribution in [0.3, 0.4) is 0 Å². The van der Waals surface area contributed by atoms with Crippen molar-refractivity contribution < 1.29 is 24.2 Å². The van der Waals surface area contributed by atoms with E-state index in [0.29, 0.717) is 46.9 Å². The molecule has 6 nitrogen and oxygen atoms in total. The number of rotatable bonds is 5. The van der Waals surface area contributed by atoms with Gasteiger partial charge in [0.05, 0.1) is 4.91 Å². The molecule has 1 saturated heterocycles. The lowest BCUT2D eigenvalue weighted by molar-refractivity contribution is -0.137. The number of benzene rings is 1. The van der Waals surface area contributed by atoms with Gasteiger partial charge >= 0.3 is 5.97 Å². The van der Waals surface area contributed by atoms with Crippen LogP contribution >= 0.6 is 24.0 Å². The van der Waals surface area contributed by atoms with Gasteiger partial charge in [0.25, 0.3) is 5.91 Å². The first-order valence-electron chi connectivity index (χ1n) is 7.41. The summed E-state index contributed by atoms with van der Waals surface area (Å²) < 4.78 is 11.5. The van der Waals surface area contributed by atoms with E-state index in [1.54, 1.807) is 6.08 Å². The van der Waals surface area contributed by atoms with E-state index in [2.05, 4.69) is 0 Å². The molecule has 1 aromatic rings. The minimum absolute atomic E-state index is 0.0122. The van der Waals surface area contributed by atoms with Crippen LogP contribution in [0.25, 0.3) is 6.08 Å². The Balaban J connectivity index is 1.72. The van der Waals surface area contributed by atoms with Gasteiger partial charge in [-0.1, -0.05) is 30.0 Å². The minimum atomic E-state index is -0.882. The topological polar surface area (TPSA) is 76.1 Å². The number of thiocarbonyl (C=S) groups is 1. The van der Waals surface area contributed by atoms with Crippen LogP contribution in [0.2, 0.25) is 0 Å². The highest BCUT2D eigenvalue weighted by Gasteiger charge is 2.31. The standard InChI is InChI=1S/C16H15NO5S2/c18-14(19)2-1-5-17-15(20)13(24-16(17)23)9-10-3-4-11-12(8-10)22-7-6-21-11/h3-4,8-9H,1-2,5-7H2,(H,18,19)/b13-9+. The summed E-state index contributed by atoms with van der Waals surface area (Å²) in [5.41, 5.74) is 0.824. The van der Waals surface area contributed by atoms with Crippen LogP contribution in [-0.2, 0) is 9.59 Å². The van der Waals surface area contributed by atoms with E-state index < -0.39 is 5.97 Å². The van der Waals surface area contributed by atoms with Crippen molar-refractivity contribution in [3.8, 4) is 11.5 Å². The molecule has 2 aliphatic rings. The molecule has 1 fully saturated rings. The zero-order valence-electron chi connectivity index (χ0n) is 12.7. The van der Waals surface area contributed by atoms with Crippen LogP contribution in [0.5, 0.6) is 11.5 Å². The summed E-state index contributed by atoms with van der Waals surface area (Å²) in [6, 6.07) is 5.49. The second kappa shape index (κ2) is 7.23. The van der Waals surface area contributed by atoms with Crippen LogP contribution in [0.4, 0.5) is 0 Å². The predicted molar refractivity (Wildman–Crippen MR) is 94.2 cm³/mol. The molecule has 1 amide bonds. The van der Waals surface area contributed by atoms with E-state index in [0.717, 1.165) is 5.56 Å². The molecule has 1 aromatic carbocycles. The van der Waals surface area contributed by atoms with Crippen molar-refractivity contribution in [2.75, 3.05) is 19.8 Å². The average molecular weight is 365 g/mol. The van der Waals surface area contributed by atoms with Gasteiger partial charge in [-0.05, 0) is 30.2 Å². The third-order valence-corrected chi connectivity index (χ3v) is 4.89. The molecule has 0 radical (unpaired) electrons. The van der Waals surface area contributed by atoms with Crippen molar-refractivity contribution in [1.82, 2.24) is 4.90 Å². The van der Waals surface area contributed by atoms with Gasteiger partial charge in [0.1, 0.15) is 17.5 Å². The van der Waals surface area contributed by atoms with Crippen LogP contribution in [0.1, 0.15) is 18.4 Å². The number of hydrogen-bond acceptors (Lipinski definition) is 6. The lowest BCUT2D eigenvalue weighted by Gasteiger charge is -2.18. The van der Waals surface area contributed by atoms with E-state index >= 15 is 0 Å². The molecule has 0 saturated carbocycles. The summed E-state index contributed by atoms with van der Waals surface area (Å²) in [4.78, 5) is 25.0. The maximum atomic E-state index is 12.4. The van der Waals surface area contributed by atoms with Crippen molar-refractivity contribution in [2.45, 2.75) is 12.8 Å². The Morgan fingerprint density at radius 3 is 2.83 bits per heavy atom. The molecule has 24 heavy (non-hydrogen) atoms. The Labute approximate surface area is 148 Å². The Bertz CT molecular complexity index is 731. The van der Waals surface area contributed by atoms with Gasteiger partial charge in [-0.15, -0.1) is 0 Å². The van der Waals surface area contributed by atoms with Crippen molar-refractivity contribution in [3.05, 3.63) is 28.7 Å². The molecule has 2 heterocycles. The van der Waals surface area contributed by atoms with Gasteiger partial charge in [0, 0.05) is 13.0 Å². The Morgan fingerprint density at radius 2 is 2.08 bits per heavy atom. The number of carboxylic acids is 1. The Kier molecular flexibility index (Phi) is 5.06. The summed E-state index contributed by atoms with van der Waals surface area (Å²) in [6.45, 7) is 1.35. The maximum Gasteiger partial charge on any atom is 0.303 e. The highest BCUT2D eigenvalue weighted by Crippen LogP contribution is 2.35. The van der Waals surface area contributed by atoms with E-state index in [1.807, 2.05) is 18.2 Å². The van der Waals surface area contributed by atoms with Crippen LogP contribution in [0.15, 0.2) is 23.1 Å². The highest BCUT2D eigenvalue weighted by molar-refractivity contribution is 8.26. The number of fused-ring (bicyclic) bond motifs is 1. The zero-order chi connectivity index (χ0) is 17.1. The van der Waals surface area contributed by atoms with Crippen LogP contribution < -0.4 is 9.47 Å². The smallest absolute Gasteiger partial charge is 0.303 e. The molecule has 0 unspecified atom stereocenters. The van der Waals surface area contributed by atoms with Gasteiger partial charge in [0.2, 0.25) is 0 Å². The molecule has 2 aliphatic heterocycles. The molecule has 3 rings (SSSR count). The van der Waals surface area contributed by atoms with E-state index in [-0.39, 0.29) is 12.3 Å². The summed E-state index contributed by atoms with van der Waals surface area (Å²) >= 11 is 6.44. The molecule has 0 bridgehead atoms. The summed E-state index contributed by atoms with van der Waals surface area (Å²) in [5.74, 6) is 0.282. The van der Waals surface area contributed by atoms with Gasteiger partial charge in [-0.3, -0.25) is 14.5 Å². The normalized spacial score (nSPS) is 18.3. The molecule has 0 atom stereocenters. The van der Waals surface area contributed by atoms with E-state index in [9.17, 15) is 9.59 Å². The van der Waals surface area contributed by atoms with Crippen molar-refractivity contribution in [1.29, 1.82) is 0 Å². The van der Waals surface area contributed by atoms with Crippen molar-refractivity contribution in [3.63, 3.8) is 0 Å². The Hall–Kier alpha value is -2.06. The SMILES string of the molecule is O=C(O)CCCN1C(=O)/C(=C\c2ccc3c(c2)OCCO3)SC1=S. The second-order valence-electron chi connectivity index (χ2n) is 5.23. The summed E-state index contributed by atoms with van der Waals surface area (Å²) in [5, 5.41) is 8.69. The number of carboxylic acid groups (broad SMARTS) is 1. The van der Waals surface area contributed by atoms with E-state index in [1.165, 1.54) is 16.7 Å². The molecular formula is C16H15NO5S2. The fourth-order valence-electron chi connectivity index (χ4n) is 2.38. The summed E-state index contributed by atoms with van der Waals surface area (Å²) in [7, 11) is 0. The number of carbonyl (C=O) groups is 2. The first-order valence-corrected chi connectivity index (χ1v) is 8.64. The minimum Gasteiger partial charge on any atom is -0.486 e. The third-order valence-electron chi connectivity index (χ3n) is 3.51.